The SMILES string of the molecule is C/C=C/CC/C=C/CC/C=C/C(O)C(COC1OC(CO)C(O)C(O)C1O)NC(=O)CCCCCCCCCCCCCCCCOC(=O)CCCCCCC/C=C\CCCCCC. The van der Waals surface area contributed by atoms with Crippen molar-refractivity contribution in [1.82, 2.24) is 5.32 Å². The smallest absolute Gasteiger partial charge is 0.305 e. The number of hydrogen-bond acceptors (Lipinski definition) is 10. The predicted molar refractivity (Wildman–Crippen MR) is 260 cm³/mol. The van der Waals surface area contributed by atoms with Gasteiger partial charge < -0.3 is 45.1 Å². The Bertz CT molecular complexity index is 1210. The minimum atomic E-state index is -1.58. The largest absolute Gasteiger partial charge is 0.466 e. The number of amides is 1. The van der Waals surface area contributed by atoms with Gasteiger partial charge in [-0.05, 0) is 77.6 Å². The maximum absolute atomic E-state index is 12.9. The lowest BCUT2D eigenvalue weighted by molar-refractivity contribution is -0.302. The molecule has 1 aliphatic heterocycles. The van der Waals surface area contributed by atoms with Gasteiger partial charge in [-0.2, -0.15) is 0 Å². The van der Waals surface area contributed by atoms with E-state index in [-0.39, 0.29) is 18.5 Å². The quantitative estimate of drug-likeness (QED) is 0.0196. The Labute approximate surface area is 389 Å². The third-order valence-corrected chi connectivity index (χ3v) is 12.0. The molecule has 7 unspecified atom stereocenters. The molecule has 1 aliphatic rings. The average Bonchev–Trinajstić information content (AvgIpc) is 3.29. The first-order valence-electron chi connectivity index (χ1n) is 25.9. The van der Waals surface area contributed by atoms with Gasteiger partial charge in [0.2, 0.25) is 5.91 Å². The number of unbranched alkanes of at least 4 members (excludes halogenated alkanes) is 24. The summed E-state index contributed by atoms with van der Waals surface area (Å²) in [5.74, 6) is -0.247. The minimum Gasteiger partial charge on any atom is -0.466 e. The van der Waals surface area contributed by atoms with Crippen LogP contribution in [0.5, 0.6) is 0 Å². The van der Waals surface area contributed by atoms with Crippen molar-refractivity contribution in [3.8, 4) is 0 Å². The number of carbonyl (C=O) groups excluding carboxylic acids is 2. The van der Waals surface area contributed by atoms with E-state index in [0.29, 0.717) is 25.9 Å². The standard InChI is InChI=1S/C53H95NO10/c1-3-5-7-9-11-13-14-17-21-25-29-33-37-41-49(58)62-42-38-34-30-26-22-19-16-15-18-20-24-28-32-36-40-48(57)54-45(46(56)39-35-31-27-23-12-10-8-6-4-2)44-63-53-52(61)51(60)50(59)47(43-55)64-53/h4,6,12-14,23,35,39,45-47,50-53,55-56,59-61H,3,5,7-11,15-22,24-34,36-38,40-44H2,1-2H3,(H,54,57)/b6-4+,14-13-,23-12+,39-35+. The van der Waals surface area contributed by atoms with Gasteiger partial charge in [-0.15, -0.1) is 0 Å². The number of nitrogens with one attached hydrogen (secondary N) is 1. The van der Waals surface area contributed by atoms with Crippen LogP contribution >= 0.6 is 0 Å². The summed E-state index contributed by atoms with van der Waals surface area (Å²) in [6.07, 6.45) is 42.1. The number of hydrogen-bond donors (Lipinski definition) is 6. The summed E-state index contributed by atoms with van der Waals surface area (Å²) in [4.78, 5) is 25.0. The van der Waals surface area contributed by atoms with E-state index in [9.17, 15) is 35.1 Å². The number of ether oxygens (including phenoxy) is 3. The molecule has 0 bridgehead atoms. The van der Waals surface area contributed by atoms with Crippen LogP contribution < -0.4 is 5.32 Å². The first kappa shape index (κ1) is 59.6. The first-order chi connectivity index (χ1) is 31.2. The van der Waals surface area contributed by atoms with Crippen LogP contribution in [-0.4, -0.2) is 100 Å². The second-order valence-corrected chi connectivity index (χ2v) is 17.9. The molecule has 11 nitrogen and oxygen atoms in total. The van der Waals surface area contributed by atoms with Crippen molar-refractivity contribution >= 4 is 11.9 Å². The topological polar surface area (TPSA) is 175 Å². The van der Waals surface area contributed by atoms with Gasteiger partial charge in [0.05, 0.1) is 32.0 Å². The van der Waals surface area contributed by atoms with Gasteiger partial charge in [-0.3, -0.25) is 9.59 Å². The Hall–Kier alpha value is -2.38. The zero-order valence-electron chi connectivity index (χ0n) is 40.5. The molecule has 7 atom stereocenters. The first-order valence-corrected chi connectivity index (χ1v) is 25.9. The van der Waals surface area contributed by atoms with Crippen molar-refractivity contribution in [3.63, 3.8) is 0 Å². The van der Waals surface area contributed by atoms with Crippen LogP contribution in [-0.2, 0) is 23.8 Å². The van der Waals surface area contributed by atoms with E-state index < -0.39 is 49.5 Å². The fourth-order valence-electron chi connectivity index (χ4n) is 7.82. The molecule has 1 rings (SSSR count). The second-order valence-electron chi connectivity index (χ2n) is 17.9. The minimum absolute atomic E-state index is 0.0349. The van der Waals surface area contributed by atoms with Crippen LogP contribution in [0, 0.1) is 0 Å². The predicted octanol–water partition coefficient (Wildman–Crippen LogP) is 10.5. The van der Waals surface area contributed by atoms with Crippen LogP contribution in [0.25, 0.3) is 0 Å². The lowest BCUT2D eigenvalue weighted by atomic mass is 9.99. The van der Waals surface area contributed by atoms with Crippen molar-refractivity contribution in [2.45, 2.75) is 256 Å². The second kappa shape index (κ2) is 43.2. The van der Waals surface area contributed by atoms with Gasteiger partial charge in [0.1, 0.15) is 24.4 Å². The summed E-state index contributed by atoms with van der Waals surface area (Å²) in [5, 5.41) is 54.0. The maximum atomic E-state index is 12.9. The highest BCUT2D eigenvalue weighted by atomic mass is 16.7. The van der Waals surface area contributed by atoms with Crippen LogP contribution in [0.2, 0.25) is 0 Å². The molecule has 0 radical (unpaired) electrons. The summed E-state index contributed by atoms with van der Waals surface area (Å²) < 4.78 is 16.6. The number of esters is 1. The molecule has 1 saturated heterocycles. The van der Waals surface area contributed by atoms with Crippen LogP contribution in [0.3, 0.4) is 0 Å². The van der Waals surface area contributed by atoms with E-state index in [1.165, 1.54) is 109 Å². The number of rotatable bonds is 43. The van der Waals surface area contributed by atoms with E-state index in [0.717, 1.165) is 70.6 Å². The Morgan fingerprint density at radius 2 is 1.08 bits per heavy atom. The Kier molecular flexibility index (Phi) is 40.3. The van der Waals surface area contributed by atoms with E-state index in [2.05, 4.69) is 42.6 Å². The van der Waals surface area contributed by atoms with Gasteiger partial charge in [0.25, 0.3) is 0 Å². The Morgan fingerprint density at radius 1 is 0.594 bits per heavy atom. The molecular formula is C53H95NO10. The van der Waals surface area contributed by atoms with Gasteiger partial charge in [-0.1, -0.05) is 171 Å². The zero-order valence-corrected chi connectivity index (χ0v) is 40.5. The number of carbonyl (C=O) groups is 2. The van der Waals surface area contributed by atoms with Crippen LogP contribution in [0.15, 0.2) is 48.6 Å². The fraction of sp³-hybridized carbons (Fsp3) is 0.811. The molecule has 0 aromatic carbocycles. The van der Waals surface area contributed by atoms with Crippen molar-refractivity contribution in [3.05, 3.63) is 48.6 Å². The molecule has 1 heterocycles. The van der Waals surface area contributed by atoms with E-state index in [1.807, 2.05) is 19.1 Å². The van der Waals surface area contributed by atoms with E-state index in [1.54, 1.807) is 6.08 Å². The normalized spacial score (nSPS) is 20.3. The lowest BCUT2D eigenvalue weighted by Gasteiger charge is -2.40. The van der Waals surface area contributed by atoms with Gasteiger partial charge in [0.15, 0.2) is 6.29 Å². The third-order valence-electron chi connectivity index (χ3n) is 12.0. The van der Waals surface area contributed by atoms with Gasteiger partial charge in [0, 0.05) is 12.8 Å². The van der Waals surface area contributed by atoms with Crippen molar-refractivity contribution < 1.29 is 49.3 Å². The highest BCUT2D eigenvalue weighted by Crippen LogP contribution is 2.23. The molecule has 0 aliphatic carbocycles. The van der Waals surface area contributed by atoms with Crippen LogP contribution in [0.4, 0.5) is 0 Å². The van der Waals surface area contributed by atoms with Gasteiger partial charge in [-0.25, -0.2) is 0 Å². The molecule has 1 fully saturated rings. The Morgan fingerprint density at radius 3 is 1.64 bits per heavy atom. The van der Waals surface area contributed by atoms with E-state index >= 15 is 0 Å². The zero-order chi connectivity index (χ0) is 46.7. The molecule has 1 amide bonds. The Balaban J connectivity index is 2.12. The molecule has 372 valence electrons. The van der Waals surface area contributed by atoms with E-state index in [4.69, 9.17) is 14.2 Å². The molecule has 0 saturated carbocycles. The molecular weight excluding hydrogens is 811 g/mol. The number of allylic oxidation sites excluding steroid dienone is 7. The average molecular weight is 906 g/mol. The summed E-state index contributed by atoms with van der Waals surface area (Å²) in [7, 11) is 0. The summed E-state index contributed by atoms with van der Waals surface area (Å²) in [5.41, 5.74) is 0. The third kappa shape index (κ3) is 33.1. The van der Waals surface area contributed by atoms with Crippen molar-refractivity contribution in [1.29, 1.82) is 0 Å². The maximum Gasteiger partial charge on any atom is 0.305 e. The van der Waals surface area contributed by atoms with Crippen molar-refractivity contribution in [2.24, 2.45) is 0 Å². The highest BCUT2D eigenvalue weighted by Gasteiger charge is 2.44. The molecule has 64 heavy (non-hydrogen) atoms. The fourth-order valence-corrected chi connectivity index (χ4v) is 7.82. The summed E-state index contributed by atoms with van der Waals surface area (Å²) in [6, 6.07) is -0.841. The lowest BCUT2D eigenvalue weighted by Crippen LogP contribution is -2.60. The number of aliphatic hydroxyl groups excluding tert-OH is 5. The van der Waals surface area contributed by atoms with Crippen molar-refractivity contribution in [2.75, 3.05) is 19.8 Å². The molecule has 0 aromatic heterocycles. The summed E-state index contributed by atoms with van der Waals surface area (Å²) >= 11 is 0. The summed E-state index contributed by atoms with van der Waals surface area (Å²) in [6.45, 7) is 4.01. The highest BCUT2D eigenvalue weighted by molar-refractivity contribution is 5.76. The molecule has 0 spiro atoms. The van der Waals surface area contributed by atoms with Gasteiger partial charge >= 0.3 is 5.97 Å². The monoisotopic (exact) mass is 906 g/mol. The molecule has 6 N–H and O–H groups in total. The molecule has 11 heteroatoms. The molecule has 0 aromatic rings. The number of aliphatic hydroxyl groups is 5. The van der Waals surface area contributed by atoms with Crippen LogP contribution in [0.1, 0.15) is 213 Å².